The number of carbonyl (C=O) groups is 1. The molecule has 0 radical (unpaired) electrons. The van der Waals surface area contributed by atoms with Crippen LogP contribution in [-0.2, 0) is 10.0 Å². The van der Waals surface area contributed by atoms with E-state index in [2.05, 4.69) is 9.71 Å². The number of anilines is 2. The van der Waals surface area contributed by atoms with Crippen LogP contribution in [0, 0.1) is 10.1 Å². The predicted molar refractivity (Wildman–Crippen MR) is 113 cm³/mol. The van der Waals surface area contributed by atoms with Gasteiger partial charge in [-0.25, -0.2) is 0 Å². The quantitative estimate of drug-likeness (QED) is 0.559. The number of hydrogen-bond donors (Lipinski definition) is 1. The fraction of sp³-hybridized carbons (Fsp3) is 0.263. The lowest BCUT2D eigenvalue weighted by atomic mass is 10.1. The molecule has 0 aliphatic carbocycles. The van der Waals surface area contributed by atoms with Gasteiger partial charge in [-0.05, 0) is 31.0 Å². The Balaban J connectivity index is 1.72. The summed E-state index contributed by atoms with van der Waals surface area (Å²) in [6.07, 6.45) is 3.29. The highest BCUT2D eigenvalue weighted by atomic mass is 35.5. The second-order valence-electron chi connectivity index (χ2n) is 7.01. The number of halogens is 1. The van der Waals surface area contributed by atoms with E-state index in [0.717, 1.165) is 19.3 Å². The fourth-order valence-corrected chi connectivity index (χ4v) is 5.08. The van der Waals surface area contributed by atoms with Crippen LogP contribution in [0.3, 0.4) is 0 Å². The maximum atomic E-state index is 12.7. The molecule has 2 aliphatic rings. The molecule has 1 fully saturated rings. The van der Waals surface area contributed by atoms with Crippen molar-refractivity contribution < 1.29 is 18.1 Å². The van der Waals surface area contributed by atoms with E-state index in [0.29, 0.717) is 24.5 Å². The molecule has 11 heteroatoms. The van der Waals surface area contributed by atoms with Crippen LogP contribution in [0.4, 0.5) is 17.1 Å². The standard InChI is InChI=1S/C19H17ClN4O5S/c20-15-11-16-17(30(28,29)22-18-7-2-1-3-8-23(16)18)10-14(15)19(25)21-12-5-4-6-13(9-12)24(26)27/h4-6,9-11H,1-3,7-8H2,(H,21,25). The summed E-state index contributed by atoms with van der Waals surface area (Å²) in [4.78, 5) is 24.8. The molecular formula is C19H17ClN4O5S. The average Bonchev–Trinajstić information content (AvgIpc) is 2.92. The molecule has 4 rings (SSSR count). The summed E-state index contributed by atoms with van der Waals surface area (Å²) < 4.78 is 29.4. The minimum atomic E-state index is -3.97. The molecule has 0 unspecified atom stereocenters. The Hall–Kier alpha value is -2.98. The van der Waals surface area contributed by atoms with E-state index in [-0.39, 0.29) is 26.9 Å². The van der Waals surface area contributed by atoms with Gasteiger partial charge in [-0.15, -0.1) is 4.40 Å². The zero-order valence-corrected chi connectivity index (χ0v) is 17.2. The van der Waals surface area contributed by atoms with E-state index in [9.17, 15) is 23.3 Å². The van der Waals surface area contributed by atoms with Crippen molar-refractivity contribution in [3.63, 3.8) is 0 Å². The molecule has 2 heterocycles. The molecule has 1 amide bonds. The third kappa shape index (κ3) is 3.75. The van der Waals surface area contributed by atoms with Crippen molar-refractivity contribution in [1.29, 1.82) is 0 Å². The number of sulfonamides is 1. The highest BCUT2D eigenvalue weighted by Gasteiger charge is 2.33. The summed E-state index contributed by atoms with van der Waals surface area (Å²) >= 11 is 6.34. The number of nitro groups is 1. The number of hydrogen-bond acceptors (Lipinski definition) is 6. The highest BCUT2D eigenvalue weighted by molar-refractivity contribution is 7.90. The smallest absolute Gasteiger partial charge is 0.286 e. The Kier molecular flexibility index (Phi) is 5.20. The van der Waals surface area contributed by atoms with E-state index < -0.39 is 20.9 Å². The van der Waals surface area contributed by atoms with E-state index >= 15 is 0 Å². The molecule has 0 spiro atoms. The number of benzene rings is 2. The van der Waals surface area contributed by atoms with E-state index in [1.54, 1.807) is 0 Å². The fourth-order valence-electron chi connectivity index (χ4n) is 3.57. The third-order valence-corrected chi connectivity index (χ3v) is 6.64. The van der Waals surface area contributed by atoms with Crippen LogP contribution in [0.15, 0.2) is 45.7 Å². The Bertz CT molecular complexity index is 1200. The van der Waals surface area contributed by atoms with Gasteiger partial charge < -0.3 is 10.2 Å². The third-order valence-electron chi connectivity index (χ3n) is 5.00. The second kappa shape index (κ2) is 7.69. The van der Waals surface area contributed by atoms with Crippen LogP contribution in [0.5, 0.6) is 0 Å². The van der Waals surface area contributed by atoms with Gasteiger partial charge in [0, 0.05) is 30.8 Å². The monoisotopic (exact) mass is 448 g/mol. The van der Waals surface area contributed by atoms with Gasteiger partial charge in [0.05, 0.1) is 21.2 Å². The molecule has 0 saturated carbocycles. The molecule has 1 N–H and O–H groups in total. The lowest BCUT2D eigenvalue weighted by molar-refractivity contribution is -0.384. The largest absolute Gasteiger partial charge is 0.328 e. The van der Waals surface area contributed by atoms with Crippen molar-refractivity contribution in [3.05, 3.63) is 57.1 Å². The molecule has 2 aromatic carbocycles. The van der Waals surface area contributed by atoms with Crippen molar-refractivity contribution in [2.24, 2.45) is 4.40 Å². The molecule has 2 aliphatic heterocycles. The van der Waals surface area contributed by atoms with E-state index in [4.69, 9.17) is 11.6 Å². The summed E-state index contributed by atoms with van der Waals surface area (Å²) in [5.74, 6) is -0.186. The predicted octanol–water partition coefficient (Wildman–Crippen LogP) is 3.98. The summed E-state index contributed by atoms with van der Waals surface area (Å²) in [6.45, 7) is 0.622. The molecule has 1 saturated heterocycles. The van der Waals surface area contributed by atoms with Gasteiger partial charge in [0.1, 0.15) is 10.7 Å². The minimum Gasteiger partial charge on any atom is -0.328 e. The maximum Gasteiger partial charge on any atom is 0.286 e. The average molecular weight is 449 g/mol. The Morgan fingerprint density at radius 2 is 2.00 bits per heavy atom. The van der Waals surface area contributed by atoms with Gasteiger partial charge >= 0.3 is 0 Å². The summed E-state index contributed by atoms with van der Waals surface area (Å²) in [5, 5.41) is 13.5. The van der Waals surface area contributed by atoms with Crippen LogP contribution >= 0.6 is 11.6 Å². The first-order valence-electron chi connectivity index (χ1n) is 9.27. The maximum absolute atomic E-state index is 12.7. The van der Waals surface area contributed by atoms with Crippen LogP contribution in [0.2, 0.25) is 5.02 Å². The second-order valence-corrected chi connectivity index (χ2v) is 8.99. The molecule has 2 aromatic rings. The summed E-state index contributed by atoms with van der Waals surface area (Å²) in [6, 6.07) is 8.10. The SMILES string of the molecule is O=C(Nc1cccc([N+](=O)[O-])c1)c1cc2c(cc1Cl)N1CCCCCC1=NS2(=O)=O. The summed E-state index contributed by atoms with van der Waals surface area (Å²) in [5.41, 5.74) is 0.367. The number of fused-ring (bicyclic) bond motifs is 3. The topological polar surface area (TPSA) is 122 Å². The molecule has 0 aromatic heterocycles. The Morgan fingerprint density at radius 3 is 2.77 bits per heavy atom. The van der Waals surface area contributed by atoms with Gasteiger partial charge in [0.25, 0.3) is 21.6 Å². The Morgan fingerprint density at radius 1 is 1.20 bits per heavy atom. The number of non-ortho nitro benzene ring substituents is 1. The molecule has 30 heavy (non-hydrogen) atoms. The van der Waals surface area contributed by atoms with Crippen LogP contribution in [0.25, 0.3) is 0 Å². The van der Waals surface area contributed by atoms with Crippen molar-refractivity contribution in [3.8, 4) is 0 Å². The molecular weight excluding hydrogens is 432 g/mol. The van der Waals surface area contributed by atoms with Gasteiger partial charge in [-0.3, -0.25) is 14.9 Å². The van der Waals surface area contributed by atoms with Crippen molar-refractivity contribution in [2.75, 3.05) is 16.8 Å². The summed E-state index contributed by atoms with van der Waals surface area (Å²) in [7, 11) is -3.97. The van der Waals surface area contributed by atoms with Crippen molar-refractivity contribution in [2.45, 2.75) is 30.6 Å². The molecule has 156 valence electrons. The van der Waals surface area contributed by atoms with E-state index in [1.807, 2.05) is 4.90 Å². The molecule has 0 bridgehead atoms. The number of amidine groups is 1. The number of carbonyl (C=O) groups excluding carboxylic acids is 1. The number of rotatable bonds is 3. The molecule has 0 atom stereocenters. The van der Waals surface area contributed by atoms with Crippen LogP contribution in [-0.4, -0.2) is 31.6 Å². The first-order valence-corrected chi connectivity index (χ1v) is 11.1. The van der Waals surface area contributed by atoms with Gasteiger partial charge in [-0.1, -0.05) is 24.1 Å². The van der Waals surface area contributed by atoms with E-state index in [1.165, 1.54) is 36.4 Å². The van der Waals surface area contributed by atoms with Gasteiger partial charge in [0.2, 0.25) is 0 Å². The first kappa shape index (κ1) is 20.3. The highest BCUT2D eigenvalue weighted by Crippen LogP contribution is 2.38. The number of nitro benzene ring substituents is 1. The van der Waals surface area contributed by atoms with Crippen LogP contribution in [0.1, 0.15) is 36.0 Å². The normalized spacial score (nSPS) is 17.2. The van der Waals surface area contributed by atoms with Gasteiger partial charge in [0.15, 0.2) is 0 Å². The first-order chi connectivity index (χ1) is 14.3. The lowest BCUT2D eigenvalue weighted by Gasteiger charge is -2.30. The number of nitrogens with one attached hydrogen (secondary N) is 1. The lowest BCUT2D eigenvalue weighted by Crippen LogP contribution is -2.35. The zero-order chi connectivity index (χ0) is 21.5. The van der Waals surface area contributed by atoms with Crippen molar-refractivity contribution >= 4 is 50.4 Å². The molecule has 9 nitrogen and oxygen atoms in total. The number of nitrogens with zero attached hydrogens (tertiary/aromatic N) is 3. The van der Waals surface area contributed by atoms with Crippen LogP contribution < -0.4 is 10.2 Å². The Labute approximate surface area is 177 Å². The minimum absolute atomic E-state index is 0.0565. The van der Waals surface area contributed by atoms with Crippen molar-refractivity contribution in [1.82, 2.24) is 0 Å². The van der Waals surface area contributed by atoms with Gasteiger partial charge in [-0.2, -0.15) is 8.42 Å². The number of amides is 1. The zero-order valence-electron chi connectivity index (χ0n) is 15.7.